The minimum absolute atomic E-state index is 0.160. The number of aromatic nitrogens is 1. The van der Waals surface area contributed by atoms with Crippen LogP contribution >= 0.6 is 11.6 Å². The van der Waals surface area contributed by atoms with Gasteiger partial charge in [-0.05, 0) is 42.7 Å². The van der Waals surface area contributed by atoms with Crippen molar-refractivity contribution in [1.29, 1.82) is 0 Å². The number of hydrogen-bond acceptors (Lipinski definition) is 6. The molecule has 1 saturated heterocycles. The van der Waals surface area contributed by atoms with E-state index in [4.69, 9.17) is 16.3 Å². The van der Waals surface area contributed by atoms with Crippen LogP contribution in [0.25, 0.3) is 5.57 Å². The first-order valence-electron chi connectivity index (χ1n) is 10.8. The van der Waals surface area contributed by atoms with Crippen molar-refractivity contribution in [2.45, 2.75) is 19.4 Å². The van der Waals surface area contributed by atoms with Gasteiger partial charge in [0.15, 0.2) is 5.84 Å². The Balaban J connectivity index is 1.40. The van der Waals surface area contributed by atoms with E-state index in [9.17, 15) is 9.59 Å². The van der Waals surface area contributed by atoms with Crippen molar-refractivity contribution in [2.75, 3.05) is 33.3 Å². The summed E-state index contributed by atoms with van der Waals surface area (Å²) < 4.78 is 5.12. The highest BCUT2D eigenvalue weighted by atomic mass is 35.5. The van der Waals surface area contributed by atoms with E-state index in [1.54, 1.807) is 28.0 Å². The van der Waals surface area contributed by atoms with Crippen LogP contribution in [0.4, 0.5) is 0 Å². The zero-order valence-corrected chi connectivity index (χ0v) is 19.4. The van der Waals surface area contributed by atoms with E-state index in [0.29, 0.717) is 55.0 Å². The molecule has 172 valence electrons. The number of amidine groups is 1. The Morgan fingerprint density at radius 3 is 2.73 bits per heavy atom. The van der Waals surface area contributed by atoms with Crippen molar-refractivity contribution in [1.82, 2.24) is 20.1 Å². The lowest BCUT2D eigenvalue weighted by Gasteiger charge is -2.39. The Bertz CT molecular complexity index is 1120. The van der Waals surface area contributed by atoms with Gasteiger partial charge in [-0.2, -0.15) is 0 Å². The standard InChI is InChI=1S/C24H26ClN5O3/c1-16-15-29(11-12-30(16)23(31)20-7-4-8-21(28-20)33-2)24(32)22-26-10-9-18(14-27-22)17-5-3-6-19(25)13-17/h3-8,13-14,16H,9-12,15H2,1-2H3,(H,26,27). The van der Waals surface area contributed by atoms with Crippen LogP contribution in [0.1, 0.15) is 29.4 Å². The molecule has 0 spiro atoms. The first kappa shape index (κ1) is 22.8. The number of benzene rings is 1. The molecule has 1 atom stereocenters. The lowest BCUT2D eigenvalue weighted by atomic mass is 10.0. The van der Waals surface area contributed by atoms with Crippen molar-refractivity contribution in [3.8, 4) is 5.88 Å². The molecule has 1 unspecified atom stereocenters. The van der Waals surface area contributed by atoms with Crippen molar-refractivity contribution in [3.63, 3.8) is 0 Å². The third-order valence-corrected chi connectivity index (χ3v) is 5.99. The van der Waals surface area contributed by atoms with Gasteiger partial charge >= 0.3 is 0 Å². The van der Waals surface area contributed by atoms with E-state index in [1.807, 2.05) is 37.4 Å². The minimum Gasteiger partial charge on any atom is -0.481 e. The Kier molecular flexibility index (Phi) is 6.93. The molecule has 33 heavy (non-hydrogen) atoms. The molecule has 0 radical (unpaired) electrons. The molecule has 2 amide bonds. The lowest BCUT2D eigenvalue weighted by Crippen LogP contribution is -2.57. The predicted octanol–water partition coefficient (Wildman–Crippen LogP) is 2.85. The first-order chi connectivity index (χ1) is 16.0. The Morgan fingerprint density at radius 2 is 1.97 bits per heavy atom. The number of nitrogens with zero attached hydrogens (tertiary/aromatic N) is 4. The van der Waals surface area contributed by atoms with Crippen LogP contribution in [0.3, 0.4) is 0 Å². The fourth-order valence-electron chi connectivity index (χ4n) is 4.00. The van der Waals surface area contributed by atoms with E-state index in [0.717, 1.165) is 11.1 Å². The second kappa shape index (κ2) is 10.0. The number of hydrogen-bond donors (Lipinski definition) is 1. The monoisotopic (exact) mass is 467 g/mol. The Labute approximate surface area is 197 Å². The van der Waals surface area contributed by atoms with Crippen LogP contribution in [0.15, 0.2) is 53.7 Å². The molecule has 0 saturated carbocycles. The van der Waals surface area contributed by atoms with Crippen molar-refractivity contribution >= 4 is 34.8 Å². The van der Waals surface area contributed by atoms with Gasteiger partial charge in [0.05, 0.1) is 7.11 Å². The number of piperazine rings is 1. The summed E-state index contributed by atoms with van der Waals surface area (Å²) in [4.78, 5) is 38.3. The zero-order chi connectivity index (χ0) is 23.4. The molecule has 1 fully saturated rings. The minimum atomic E-state index is -0.174. The Morgan fingerprint density at radius 1 is 1.15 bits per heavy atom. The number of aliphatic imine (C=N–C) groups is 1. The normalized spacial score (nSPS) is 18.6. The van der Waals surface area contributed by atoms with Gasteiger partial charge in [-0.15, -0.1) is 0 Å². The van der Waals surface area contributed by atoms with Gasteiger partial charge in [-0.1, -0.05) is 29.8 Å². The molecule has 1 aromatic carbocycles. The third kappa shape index (κ3) is 5.17. The summed E-state index contributed by atoms with van der Waals surface area (Å²) in [7, 11) is 1.51. The number of halogens is 1. The van der Waals surface area contributed by atoms with E-state index in [1.165, 1.54) is 7.11 Å². The molecule has 1 N–H and O–H groups in total. The summed E-state index contributed by atoms with van der Waals surface area (Å²) in [6.45, 7) is 3.69. The SMILES string of the molecule is COc1cccc(C(=O)N2CCN(C(=O)C3=NCCC(c4cccc(Cl)c4)=CN3)CC2C)n1. The molecule has 9 heteroatoms. The van der Waals surface area contributed by atoms with Crippen LogP contribution in [0, 0.1) is 0 Å². The molecule has 2 aromatic rings. The molecule has 0 bridgehead atoms. The van der Waals surface area contributed by atoms with Gasteiger partial charge in [-0.25, -0.2) is 4.98 Å². The van der Waals surface area contributed by atoms with Crippen LogP contribution in [-0.2, 0) is 4.79 Å². The number of carbonyl (C=O) groups is 2. The van der Waals surface area contributed by atoms with E-state index < -0.39 is 0 Å². The molecule has 1 aromatic heterocycles. The number of ether oxygens (including phenoxy) is 1. The predicted molar refractivity (Wildman–Crippen MR) is 127 cm³/mol. The maximum Gasteiger partial charge on any atom is 0.289 e. The summed E-state index contributed by atoms with van der Waals surface area (Å²) in [6, 6.07) is 12.6. The zero-order valence-electron chi connectivity index (χ0n) is 18.6. The number of carbonyl (C=O) groups excluding carboxylic acids is 2. The maximum atomic E-state index is 13.1. The fraction of sp³-hybridized carbons (Fsp3) is 0.333. The van der Waals surface area contributed by atoms with Gasteiger partial charge in [0.2, 0.25) is 5.88 Å². The molecule has 2 aliphatic rings. The van der Waals surface area contributed by atoms with Gasteiger partial charge < -0.3 is 19.9 Å². The highest BCUT2D eigenvalue weighted by Gasteiger charge is 2.32. The summed E-state index contributed by atoms with van der Waals surface area (Å²) in [6.07, 6.45) is 2.53. The summed E-state index contributed by atoms with van der Waals surface area (Å²) in [5.41, 5.74) is 2.37. The van der Waals surface area contributed by atoms with Gasteiger partial charge in [-0.3, -0.25) is 14.6 Å². The average Bonchev–Trinajstić information content (AvgIpc) is 3.09. The van der Waals surface area contributed by atoms with Crippen LogP contribution in [-0.4, -0.2) is 71.8 Å². The maximum absolute atomic E-state index is 13.1. The second-order valence-electron chi connectivity index (χ2n) is 7.97. The highest BCUT2D eigenvalue weighted by Crippen LogP contribution is 2.22. The number of methoxy groups -OCH3 is 1. The van der Waals surface area contributed by atoms with Crippen LogP contribution < -0.4 is 10.1 Å². The average molecular weight is 468 g/mol. The highest BCUT2D eigenvalue weighted by molar-refractivity contribution is 6.38. The number of rotatable bonds is 4. The topological polar surface area (TPSA) is 87.1 Å². The molecule has 3 heterocycles. The Hall–Kier alpha value is -3.39. The molecule has 4 rings (SSSR count). The van der Waals surface area contributed by atoms with E-state index in [2.05, 4.69) is 15.3 Å². The molecule has 0 aliphatic carbocycles. The van der Waals surface area contributed by atoms with Gasteiger partial charge in [0, 0.05) is 49.5 Å². The third-order valence-electron chi connectivity index (χ3n) is 5.76. The first-order valence-corrected chi connectivity index (χ1v) is 11.2. The fourth-order valence-corrected chi connectivity index (χ4v) is 4.19. The number of amides is 2. The van der Waals surface area contributed by atoms with Crippen molar-refractivity contribution in [3.05, 3.63) is 64.9 Å². The number of pyridine rings is 1. The molecular weight excluding hydrogens is 442 g/mol. The summed E-state index contributed by atoms with van der Waals surface area (Å²) in [5.74, 6) is 0.364. The van der Waals surface area contributed by atoms with Crippen LogP contribution in [0.2, 0.25) is 5.02 Å². The number of nitrogens with one attached hydrogen (secondary N) is 1. The smallest absolute Gasteiger partial charge is 0.289 e. The second-order valence-corrected chi connectivity index (χ2v) is 8.40. The molecular formula is C24H26ClN5O3. The van der Waals surface area contributed by atoms with E-state index >= 15 is 0 Å². The molecule has 8 nitrogen and oxygen atoms in total. The van der Waals surface area contributed by atoms with Gasteiger partial charge in [0.25, 0.3) is 11.8 Å². The molecule has 2 aliphatic heterocycles. The van der Waals surface area contributed by atoms with Crippen molar-refractivity contribution < 1.29 is 14.3 Å². The van der Waals surface area contributed by atoms with Gasteiger partial charge in [0.1, 0.15) is 5.69 Å². The van der Waals surface area contributed by atoms with Crippen LogP contribution in [0.5, 0.6) is 5.88 Å². The largest absolute Gasteiger partial charge is 0.481 e. The quantitative estimate of drug-likeness (QED) is 0.747. The summed E-state index contributed by atoms with van der Waals surface area (Å²) >= 11 is 6.11. The summed E-state index contributed by atoms with van der Waals surface area (Å²) in [5, 5.41) is 3.75. The van der Waals surface area contributed by atoms with Crippen molar-refractivity contribution in [2.24, 2.45) is 4.99 Å². The lowest BCUT2D eigenvalue weighted by molar-refractivity contribution is -0.126. The van der Waals surface area contributed by atoms with E-state index in [-0.39, 0.29) is 17.9 Å².